The fourth-order valence-corrected chi connectivity index (χ4v) is 4.34. The van der Waals surface area contributed by atoms with Gasteiger partial charge in [0.1, 0.15) is 0 Å². The van der Waals surface area contributed by atoms with Crippen LogP contribution in [0.5, 0.6) is 0 Å². The van der Waals surface area contributed by atoms with E-state index in [4.69, 9.17) is 4.74 Å². The third-order valence-corrected chi connectivity index (χ3v) is 5.82. The lowest BCUT2D eigenvalue weighted by molar-refractivity contribution is -0.0361. The van der Waals surface area contributed by atoms with Crippen molar-refractivity contribution in [3.8, 4) is 0 Å². The van der Waals surface area contributed by atoms with E-state index in [2.05, 4.69) is 15.2 Å². The third-order valence-electron chi connectivity index (χ3n) is 5.82. The monoisotopic (exact) mass is 361 g/mol. The lowest BCUT2D eigenvalue weighted by Gasteiger charge is -2.48. The fourth-order valence-electron chi connectivity index (χ4n) is 4.34. The molecule has 2 N–H and O–H groups in total. The Morgan fingerprint density at radius 2 is 1.92 bits per heavy atom. The van der Waals surface area contributed by atoms with Crippen LogP contribution in [0.15, 0.2) is 16.9 Å². The Kier molecular flexibility index (Phi) is 6.14. The number of carbonyl (C=O) groups excluding carboxylic acids is 1. The van der Waals surface area contributed by atoms with Crippen LogP contribution >= 0.6 is 0 Å². The molecule has 1 saturated heterocycles. The number of pyridine rings is 1. The molecule has 1 aliphatic heterocycles. The smallest absolute Gasteiger partial charge is 0.253 e. The largest absolute Gasteiger partial charge is 0.379 e. The van der Waals surface area contributed by atoms with Gasteiger partial charge in [0.05, 0.1) is 18.8 Å². The van der Waals surface area contributed by atoms with Crippen molar-refractivity contribution in [2.24, 2.45) is 0 Å². The zero-order chi connectivity index (χ0) is 18.6. The van der Waals surface area contributed by atoms with Gasteiger partial charge in [0.15, 0.2) is 0 Å². The zero-order valence-corrected chi connectivity index (χ0v) is 16.0. The Hall–Kier alpha value is -1.66. The summed E-state index contributed by atoms with van der Waals surface area (Å²) in [6.07, 6.45) is 5.94. The highest BCUT2D eigenvalue weighted by Crippen LogP contribution is 2.34. The zero-order valence-electron chi connectivity index (χ0n) is 16.0. The second kappa shape index (κ2) is 8.35. The first-order valence-electron chi connectivity index (χ1n) is 9.86. The summed E-state index contributed by atoms with van der Waals surface area (Å²) in [5.74, 6) is -0.00399. The lowest BCUT2D eigenvalue weighted by Crippen LogP contribution is -2.59. The molecule has 144 valence electrons. The summed E-state index contributed by atoms with van der Waals surface area (Å²) >= 11 is 0. The number of amides is 1. The Labute approximate surface area is 155 Å². The quantitative estimate of drug-likeness (QED) is 0.844. The number of rotatable bonds is 5. The number of aromatic amines is 1. The minimum atomic E-state index is -0.165. The topological polar surface area (TPSA) is 74.4 Å². The van der Waals surface area contributed by atoms with Crippen LogP contribution in [0.25, 0.3) is 0 Å². The third kappa shape index (κ3) is 4.18. The average molecular weight is 361 g/mol. The average Bonchev–Trinajstić information content (AvgIpc) is 2.67. The molecule has 0 aromatic carbocycles. The number of aromatic nitrogens is 1. The molecule has 3 rings (SSSR count). The molecule has 26 heavy (non-hydrogen) atoms. The van der Waals surface area contributed by atoms with E-state index in [9.17, 15) is 9.59 Å². The van der Waals surface area contributed by atoms with Gasteiger partial charge in [-0.3, -0.25) is 14.5 Å². The number of nitrogens with one attached hydrogen (secondary N) is 2. The number of carbonyl (C=O) groups is 1. The predicted molar refractivity (Wildman–Crippen MR) is 102 cm³/mol. The number of hydrogen-bond acceptors (Lipinski definition) is 4. The highest BCUT2D eigenvalue weighted by atomic mass is 16.5. The fraction of sp³-hybridized carbons (Fsp3) is 0.700. The maximum atomic E-state index is 12.9. The van der Waals surface area contributed by atoms with Crippen molar-refractivity contribution in [3.05, 3.63) is 33.7 Å². The molecule has 2 aliphatic rings. The maximum absolute atomic E-state index is 12.9. The van der Waals surface area contributed by atoms with Crippen LogP contribution in [0.3, 0.4) is 0 Å². The van der Waals surface area contributed by atoms with Gasteiger partial charge in [-0.15, -0.1) is 0 Å². The normalized spacial score (nSPS) is 20.9. The highest BCUT2D eigenvalue weighted by molar-refractivity contribution is 5.95. The van der Waals surface area contributed by atoms with E-state index in [0.29, 0.717) is 17.8 Å². The van der Waals surface area contributed by atoms with E-state index >= 15 is 0 Å². The first-order chi connectivity index (χ1) is 12.5. The molecule has 0 unspecified atom stereocenters. The van der Waals surface area contributed by atoms with Gasteiger partial charge in [0.25, 0.3) is 5.91 Å². The molecular formula is C20H31N3O3. The second-order valence-electron chi connectivity index (χ2n) is 7.87. The van der Waals surface area contributed by atoms with Crippen molar-refractivity contribution in [2.45, 2.75) is 57.4 Å². The lowest BCUT2D eigenvalue weighted by atomic mass is 9.79. The van der Waals surface area contributed by atoms with Gasteiger partial charge in [-0.2, -0.15) is 0 Å². The van der Waals surface area contributed by atoms with Crippen molar-refractivity contribution in [2.75, 3.05) is 32.8 Å². The number of H-pyrrole nitrogens is 1. The molecule has 2 heterocycles. The van der Waals surface area contributed by atoms with Crippen LogP contribution in [-0.2, 0) is 4.74 Å². The van der Waals surface area contributed by atoms with Gasteiger partial charge < -0.3 is 15.0 Å². The number of nitrogens with zero attached hydrogens (tertiary/aromatic N) is 1. The van der Waals surface area contributed by atoms with Crippen molar-refractivity contribution in [1.82, 2.24) is 15.2 Å². The van der Waals surface area contributed by atoms with E-state index in [0.717, 1.165) is 39.1 Å². The predicted octanol–water partition coefficient (Wildman–Crippen LogP) is 2.26. The number of morpholine rings is 1. The maximum Gasteiger partial charge on any atom is 0.253 e. The first-order valence-corrected chi connectivity index (χ1v) is 9.86. The molecular weight excluding hydrogens is 330 g/mol. The molecule has 0 bridgehead atoms. The van der Waals surface area contributed by atoms with Gasteiger partial charge in [-0.05, 0) is 24.8 Å². The molecule has 1 aromatic heterocycles. The van der Waals surface area contributed by atoms with Crippen molar-refractivity contribution < 1.29 is 9.53 Å². The van der Waals surface area contributed by atoms with E-state index in [1.54, 1.807) is 6.07 Å². The second-order valence-corrected chi connectivity index (χ2v) is 7.87. The van der Waals surface area contributed by atoms with Gasteiger partial charge >= 0.3 is 0 Å². The summed E-state index contributed by atoms with van der Waals surface area (Å²) in [5, 5.41) is 3.18. The van der Waals surface area contributed by atoms with Crippen molar-refractivity contribution in [1.29, 1.82) is 0 Å². The summed E-state index contributed by atoms with van der Waals surface area (Å²) in [4.78, 5) is 29.8. The van der Waals surface area contributed by atoms with Crippen LogP contribution in [-0.4, -0.2) is 54.2 Å². The summed E-state index contributed by atoms with van der Waals surface area (Å²) in [6, 6.07) is 3.07. The first kappa shape index (κ1) is 19.1. The van der Waals surface area contributed by atoms with Crippen LogP contribution in [0.1, 0.15) is 67.9 Å². The molecule has 1 aromatic rings. The van der Waals surface area contributed by atoms with E-state index in [1.807, 2.05) is 13.8 Å². The molecule has 1 amide bonds. The minimum absolute atomic E-state index is 0.0396. The highest BCUT2D eigenvalue weighted by Gasteiger charge is 2.39. The van der Waals surface area contributed by atoms with Crippen LogP contribution in [0.2, 0.25) is 0 Å². The summed E-state index contributed by atoms with van der Waals surface area (Å²) < 4.78 is 5.52. The van der Waals surface area contributed by atoms with Crippen molar-refractivity contribution >= 4 is 5.91 Å². The molecule has 0 radical (unpaired) electrons. The van der Waals surface area contributed by atoms with Crippen LogP contribution in [0.4, 0.5) is 0 Å². The molecule has 6 nitrogen and oxygen atoms in total. The Bertz CT molecular complexity index is 671. The summed E-state index contributed by atoms with van der Waals surface area (Å²) in [5.41, 5.74) is 1.16. The molecule has 2 fully saturated rings. The molecule has 6 heteroatoms. The Morgan fingerprint density at radius 3 is 2.58 bits per heavy atom. The summed E-state index contributed by atoms with van der Waals surface area (Å²) in [7, 11) is 0. The van der Waals surface area contributed by atoms with E-state index in [1.165, 1.54) is 25.3 Å². The van der Waals surface area contributed by atoms with Gasteiger partial charge in [0, 0.05) is 36.9 Å². The van der Waals surface area contributed by atoms with Crippen LogP contribution in [0, 0.1) is 0 Å². The molecule has 1 aliphatic carbocycles. The van der Waals surface area contributed by atoms with Crippen molar-refractivity contribution in [3.63, 3.8) is 0 Å². The minimum Gasteiger partial charge on any atom is -0.379 e. The van der Waals surface area contributed by atoms with Gasteiger partial charge in [-0.1, -0.05) is 33.1 Å². The SMILES string of the molecule is CC(C)c1[nH]c(=O)ccc1C(=O)NCC1(N2CCOCC2)CCCCC1. The number of hydrogen-bond donors (Lipinski definition) is 2. The standard InChI is InChI=1S/C20H31N3O3/c1-15(2)18-16(6-7-17(24)22-18)19(25)21-14-20(8-4-3-5-9-20)23-10-12-26-13-11-23/h6-7,15H,3-5,8-14H2,1-2H3,(H,21,25)(H,22,24). The van der Waals surface area contributed by atoms with E-state index in [-0.39, 0.29) is 22.9 Å². The molecule has 0 atom stereocenters. The Morgan fingerprint density at radius 1 is 1.23 bits per heavy atom. The Balaban J connectivity index is 1.75. The van der Waals surface area contributed by atoms with E-state index < -0.39 is 0 Å². The summed E-state index contributed by atoms with van der Waals surface area (Å²) in [6.45, 7) is 8.04. The molecule has 0 spiro atoms. The molecule has 1 saturated carbocycles. The van der Waals surface area contributed by atoms with Gasteiger partial charge in [0.2, 0.25) is 5.56 Å². The van der Waals surface area contributed by atoms with Gasteiger partial charge in [-0.25, -0.2) is 0 Å². The van der Waals surface area contributed by atoms with Crippen LogP contribution < -0.4 is 10.9 Å². The number of ether oxygens (including phenoxy) is 1.